The summed E-state index contributed by atoms with van der Waals surface area (Å²) in [5.74, 6) is 3.40. The largest absolute Gasteiger partial charge is 0.497 e. The van der Waals surface area contributed by atoms with Gasteiger partial charge in [-0.25, -0.2) is 0 Å². The molecule has 0 bridgehead atoms. The number of hydrogen-bond donors (Lipinski definition) is 0. The van der Waals surface area contributed by atoms with Gasteiger partial charge in [0.05, 0.1) is 13.7 Å². The van der Waals surface area contributed by atoms with Crippen LogP contribution in [0, 0.1) is 6.92 Å². The van der Waals surface area contributed by atoms with Crippen molar-refractivity contribution >= 4 is 11.8 Å². The Morgan fingerprint density at radius 1 is 0.963 bits per heavy atom. The second-order valence-electron chi connectivity index (χ2n) is 6.51. The van der Waals surface area contributed by atoms with Crippen LogP contribution in [0.1, 0.15) is 25.5 Å². The summed E-state index contributed by atoms with van der Waals surface area (Å²) in [7, 11) is 1.67. The van der Waals surface area contributed by atoms with Crippen LogP contribution in [0.2, 0.25) is 0 Å². The third kappa shape index (κ3) is 4.83. The maximum absolute atomic E-state index is 5.81. The van der Waals surface area contributed by atoms with E-state index < -0.39 is 0 Å². The smallest absolute Gasteiger partial charge is 0.191 e. The van der Waals surface area contributed by atoms with E-state index in [1.165, 1.54) is 5.56 Å². The summed E-state index contributed by atoms with van der Waals surface area (Å²) in [5.41, 5.74) is 2.26. The first kappa shape index (κ1) is 19.3. The van der Waals surface area contributed by atoms with E-state index >= 15 is 0 Å². The first-order chi connectivity index (χ1) is 13.1. The zero-order valence-electron chi connectivity index (χ0n) is 16.2. The Kier molecular flexibility index (Phi) is 6.40. The standard InChI is InChI=1S/C21H25N3O2S/c1-15(2)24-20(17-7-11-18(25-4)12-8-17)22-23-21(24)27-14-13-26-19-9-5-16(3)6-10-19/h5-12,15H,13-14H2,1-4H3. The predicted molar refractivity (Wildman–Crippen MR) is 110 cm³/mol. The summed E-state index contributed by atoms with van der Waals surface area (Å²) in [6.07, 6.45) is 0. The lowest BCUT2D eigenvalue weighted by molar-refractivity contribution is 0.343. The van der Waals surface area contributed by atoms with Gasteiger partial charge in [0.25, 0.3) is 0 Å². The van der Waals surface area contributed by atoms with Crippen LogP contribution in [-0.4, -0.2) is 34.2 Å². The van der Waals surface area contributed by atoms with Crippen molar-refractivity contribution in [2.45, 2.75) is 32.0 Å². The normalized spacial score (nSPS) is 11.0. The van der Waals surface area contributed by atoms with E-state index in [4.69, 9.17) is 9.47 Å². The lowest BCUT2D eigenvalue weighted by Crippen LogP contribution is -2.07. The number of benzene rings is 2. The molecule has 0 spiro atoms. The van der Waals surface area contributed by atoms with E-state index in [0.717, 1.165) is 33.8 Å². The molecule has 0 saturated heterocycles. The number of nitrogens with zero attached hydrogens (tertiary/aromatic N) is 3. The van der Waals surface area contributed by atoms with E-state index in [1.807, 2.05) is 36.4 Å². The molecular formula is C21H25N3O2S. The van der Waals surface area contributed by atoms with Crippen molar-refractivity contribution in [3.05, 3.63) is 54.1 Å². The van der Waals surface area contributed by atoms with Gasteiger partial charge in [0, 0.05) is 17.4 Å². The van der Waals surface area contributed by atoms with Gasteiger partial charge in [-0.3, -0.25) is 4.57 Å². The molecule has 0 amide bonds. The molecule has 0 aliphatic carbocycles. The SMILES string of the molecule is COc1ccc(-c2nnc(SCCOc3ccc(C)cc3)n2C(C)C)cc1. The molecule has 0 N–H and O–H groups in total. The summed E-state index contributed by atoms with van der Waals surface area (Å²) in [4.78, 5) is 0. The fourth-order valence-corrected chi connectivity index (χ4v) is 3.59. The first-order valence-corrected chi connectivity index (χ1v) is 9.98. The molecule has 0 aliphatic rings. The van der Waals surface area contributed by atoms with E-state index in [1.54, 1.807) is 18.9 Å². The second kappa shape index (κ2) is 8.95. The minimum atomic E-state index is 0.262. The summed E-state index contributed by atoms with van der Waals surface area (Å²) in [6.45, 7) is 6.97. The van der Waals surface area contributed by atoms with Crippen LogP contribution < -0.4 is 9.47 Å². The molecule has 0 fully saturated rings. The summed E-state index contributed by atoms with van der Waals surface area (Å²) in [5, 5.41) is 9.73. The van der Waals surface area contributed by atoms with E-state index in [0.29, 0.717) is 6.61 Å². The molecule has 0 aliphatic heterocycles. The van der Waals surface area contributed by atoms with Gasteiger partial charge >= 0.3 is 0 Å². The van der Waals surface area contributed by atoms with Crippen molar-refractivity contribution < 1.29 is 9.47 Å². The van der Waals surface area contributed by atoms with Crippen LogP contribution in [0.4, 0.5) is 0 Å². The van der Waals surface area contributed by atoms with E-state index in [-0.39, 0.29) is 6.04 Å². The van der Waals surface area contributed by atoms with E-state index in [9.17, 15) is 0 Å². The van der Waals surface area contributed by atoms with Gasteiger partial charge in [-0.15, -0.1) is 10.2 Å². The zero-order valence-corrected chi connectivity index (χ0v) is 17.0. The predicted octanol–water partition coefficient (Wildman–Crippen LogP) is 5.01. The molecule has 2 aromatic carbocycles. The Balaban J connectivity index is 1.66. The fraction of sp³-hybridized carbons (Fsp3) is 0.333. The first-order valence-electron chi connectivity index (χ1n) is 9.00. The second-order valence-corrected chi connectivity index (χ2v) is 7.57. The van der Waals surface area contributed by atoms with Gasteiger partial charge in [-0.2, -0.15) is 0 Å². The number of hydrogen-bond acceptors (Lipinski definition) is 5. The van der Waals surface area contributed by atoms with Gasteiger partial charge in [-0.05, 0) is 57.2 Å². The molecule has 0 radical (unpaired) electrons. The van der Waals surface area contributed by atoms with Crippen molar-refractivity contribution in [1.82, 2.24) is 14.8 Å². The average molecular weight is 384 g/mol. The fourth-order valence-electron chi connectivity index (χ4n) is 2.70. The molecule has 3 aromatic rings. The summed E-state index contributed by atoms with van der Waals surface area (Å²) in [6, 6.07) is 16.3. The highest BCUT2D eigenvalue weighted by Gasteiger charge is 2.16. The molecule has 142 valence electrons. The van der Waals surface area contributed by atoms with Crippen molar-refractivity contribution in [2.75, 3.05) is 19.5 Å². The Morgan fingerprint density at radius 3 is 2.26 bits per heavy atom. The molecule has 0 saturated carbocycles. The summed E-state index contributed by atoms with van der Waals surface area (Å²) >= 11 is 1.66. The highest BCUT2D eigenvalue weighted by Crippen LogP contribution is 2.28. The van der Waals surface area contributed by atoms with Gasteiger partial charge < -0.3 is 9.47 Å². The van der Waals surface area contributed by atoms with Crippen LogP contribution in [0.3, 0.4) is 0 Å². The molecule has 1 heterocycles. The summed E-state index contributed by atoms with van der Waals surface area (Å²) < 4.78 is 13.2. The van der Waals surface area contributed by atoms with Gasteiger partial charge in [-0.1, -0.05) is 29.5 Å². The maximum Gasteiger partial charge on any atom is 0.191 e. The van der Waals surface area contributed by atoms with E-state index in [2.05, 4.69) is 47.7 Å². The van der Waals surface area contributed by atoms with Gasteiger partial charge in [0.15, 0.2) is 11.0 Å². The Labute approximate surface area is 164 Å². The molecular weight excluding hydrogens is 358 g/mol. The lowest BCUT2D eigenvalue weighted by atomic mass is 10.2. The number of aryl methyl sites for hydroxylation is 1. The quantitative estimate of drug-likeness (QED) is 0.404. The number of rotatable bonds is 8. The third-order valence-corrected chi connectivity index (χ3v) is 5.04. The average Bonchev–Trinajstić information content (AvgIpc) is 3.11. The topological polar surface area (TPSA) is 49.2 Å². The van der Waals surface area contributed by atoms with Crippen molar-refractivity contribution in [1.29, 1.82) is 0 Å². The minimum absolute atomic E-state index is 0.262. The van der Waals surface area contributed by atoms with Crippen molar-refractivity contribution in [3.63, 3.8) is 0 Å². The molecule has 6 heteroatoms. The number of ether oxygens (including phenoxy) is 2. The Morgan fingerprint density at radius 2 is 1.63 bits per heavy atom. The molecule has 1 aromatic heterocycles. The van der Waals surface area contributed by atoms with Crippen LogP contribution in [0.25, 0.3) is 11.4 Å². The zero-order chi connectivity index (χ0) is 19.2. The Hall–Kier alpha value is -2.47. The van der Waals surface area contributed by atoms with Gasteiger partial charge in [0.2, 0.25) is 0 Å². The Bertz CT molecular complexity index is 858. The maximum atomic E-state index is 5.81. The highest BCUT2D eigenvalue weighted by atomic mass is 32.2. The van der Waals surface area contributed by atoms with Crippen LogP contribution in [0.5, 0.6) is 11.5 Å². The number of methoxy groups -OCH3 is 1. The molecule has 0 atom stereocenters. The van der Waals surface area contributed by atoms with Crippen molar-refractivity contribution in [2.24, 2.45) is 0 Å². The molecule has 3 rings (SSSR count). The van der Waals surface area contributed by atoms with Crippen molar-refractivity contribution in [3.8, 4) is 22.9 Å². The van der Waals surface area contributed by atoms with Crippen LogP contribution in [0.15, 0.2) is 53.7 Å². The molecule has 0 unspecified atom stereocenters. The number of aromatic nitrogens is 3. The highest BCUT2D eigenvalue weighted by molar-refractivity contribution is 7.99. The minimum Gasteiger partial charge on any atom is -0.497 e. The van der Waals surface area contributed by atoms with Crippen LogP contribution in [-0.2, 0) is 0 Å². The van der Waals surface area contributed by atoms with Crippen LogP contribution >= 0.6 is 11.8 Å². The number of thioether (sulfide) groups is 1. The molecule has 27 heavy (non-hydrogen) atoms. The monoisotopic (exact) mass is 383 g/mol. The third-order valence-electron chi connectivity index (χ3n) is 4.13. The van der Waals surface area contributed by atoms with Gasteiger partial charge in [0.1, 0.15) is 11.5 Å². The molecule has 5 nitrogen and oxygen atoms in total. The lowest BCUT2D eigenvalue weighted by Gasteiger charge is -2.14.